The molecule has 120 valence electrons. The van der Waals surface area contributed by atoms with E-state index in [2.05, 4.69) is 4.72 Å². The maximum absolute atomic E-state index is 12.4. The largest absolute Gasteiger partial charge is 0.497 e. The van der Waals surface area contributed by atoms with Crippen molar-refractivity contribution in [2.24, 2.45) is 0 Å². The first kappa shape index (κ1) is 16.6. The van der Waals surface area contributed by atoms with Crippen molar-refractivity contribution in [1.82, 2.24) is 0 Å². The van der Waals surface area contributed by atoms with E-state index in [1.165, 1.54) is 31.4 Å². The second-order valence-corrected chi connectivity index (χ2v) is 6.23. The summed E-state index contributed by atoms with van der Waals surface area (Å²) in [5, 5.41) is 8.75. The molecule has 6 nitrogen and oxygen atoms in total. The standard InChI is InChI=1S/C16H15NO5S/c1-22-13-8-9-15(12(11-13)7-10-16(18)19)17-23(20,21)14-5-3-2-4-6-14/h2-11,17H,1H3,(H,18,19)/b10-7+. The number of carboxylic acids is 1. The van der Waals surface area contributed by atoms with E-state index in [0.717, 1.165) is 6.08 Å². The van der Waals surface area contributed by atoms with Gasteiger partial charge in [-0.1, -0.05) is 18.2 Å². The second-order valence-electron chi connectivity index (χ2n) is 4.54. The minimum atomic E-state index is -3.77. The van der Waals surface area contributed by atoms with E-state index >= 15 is 0 Å². The van der Waals surface area contributed by atoms with Crippen LogP contribution in [-0.4, -0.2) is 26.6 Å². The van der Waals surface area contributed by atoms with Crippen molar-refractivity contribution >= 4 is 27.8 Å². The third-order valence-electron chi connectivity index (χ3n) is 2.96. The van der Waals surface area contributed by atoms with E-state index in [1.807, 2.05) is 0 Å². The van der Waals surface area contributed by atoms with Crippen LogP contribution in [0, 0.1) is 0 Å². The van der Waals surface area contributed by atoms with Crippen molar-refractivity contribution in [1.29, 1.82) is 0 Å². The average molecular weight is 333 g/mol. The Morgan fingerprint density at radius 3 is 2.48 bits per heavy atom. The molecule has 2 aromatic carbocycles. The molecule has 0 aliphatic carbocycles. The summed E-state index contributed by atoms with van der Waals surface area (Å²) >= 11 is 0. The number of hydrogen-bond acceptors (Lipinski definition) is 4. The van der Waals surface area contributed by atoms with Crippen LogP contribution in [0.1, 0.15) is 5.56 Å². The summed E-state index contributed by atoms with van der Waals surface area (Å²) in [7, 11) is -2.30. The lowest BCUT2D eigenvalue weighted by Gasteiger charge is -2.12. The van der Waals surface area contributed by atoms with Crippen LogP contribution in [-0.2, 0) is 14.8 Å². The SMILES string of the molecule is COc1ccc(NS(=O)(=O)c2ccccc2)c(/C=C/C(=O)O)c1. The minimum absolute atomic E-state index is 0.115. The van der Waals surface area contributed by atoms with Crippen molar-refractivity contribution < 1.29 is 23.1 Å². The highest BCUT2D eigenvalue weighted by Crippen LogP contribution is 2.25. The van der Waals surface area contributed by atoms with E-state index in [0.29, 0.717) is 11.3 Å². The molecule has 0 spiro atoms. The van der Waals surface area contributed by atoms with Gasteiger partial charge < -0.3 is 9.84 Å². The predicted molar refractivity (Wildman–Crippen MR) is 86.9 cm³/mol. The summed E-state index contributed by atoms with van der Waals surface area (Å²) in [4.78, 5) is 10.8. The number of ether oxygens (including phenoxy) is 1. The van der Waals surface area contributed by atoms with Gasteiger partial charge in [0.1, 0.15) is 5.75 Å². The van der Waals surface area contributed by atoms with Gasteiger partial charge in [-0.25, -0.2) is 13.2 Å². The lowest BCUT2D eigenvalue weighted by atomic mass is 10.1. The quantitative estimate of drug-likeness (QED) is 0.793. The van der Waals surface area contributed by atoms with Gasteiger partial charge in [0.2, 0.25) is 0 Å². The van der Waals surface area contributed by atoms with Gasteiger partial charge in [-0.15, -0.1) is 0 Å². The molecule has 23 heavy (non-hydrogen) atoms. The number of carboxylic acid groups (broad SMARTS) is 1. The van der Waals surface area contributed by atoms with E-state index in [9.17, 15) is 13.2 Å². The average Bonchev–Trinajstić information content (AvgIpc) is 2.54. The topological polar surface area (TPSA) is 92.7 Å². The molecule has 0 saturated carbocycles. The van der Waals surface area contributed by atoms with Crippen LogP contribution in [0.5, 0.6) is 5.75 Å². The number of hydrogen-bond donors (Lipinski definition) is 2. The highest BCUT2D eigenvalue weighted by molar-refractivity contribution is 7.92. The third-order valence-corrected chi connectivity index (χ3v) is 4.34. The Morgan fingerprint density at radius 2 is 1.87 bits per heavy atom. The van der Waals surface area contributed by atoms with Crippen molar-refractivity contribution in [2.75, 3.05) is 11.8 Å². The van der Waals surface area contributed by atoms with E-state index in [4.69, 9.17) is 9.84 Å². The van der Waals surface area contributed by atoms with Gasteiger partial charge in [0.25, 0.3) is 10.0 Å². The lowest BCUT2D eigenvalue weighted by molar-refractivity contribution is -0.131. The number of nitrogens with one attached hydrogen (secondary N) is 1. The molecular weight excluding hydrogens is 318 g/mol. The van der Waals surface area contributed by atoms with Crippen LogP contribution in [0.15, 0.2) is 59.5 Å². The van der Waals surface area contributed by atoms with Crippen LogP contribution in [0.2, 0.25) is 0 Å². The summed E-state index contributed by atoms with van der Waals surface area (Å²) in [5.41, 5.74) is 0.637. The van der Waals surface area contributed by atoms with Crippen molar-refractivity contribution in [3.63, 3.8) is 0 Å². The zero-order valence-corrected chi connectivity index (χ0v) is 13.1. The zero-order chi connectivity index (χ0) is 16.9. The molecule has 2 aromatic rings. The van der Waals surface area contributed by atoms with Crippen LogP contribution in [0.25, 0.3) is 6.08 Å². The summed E-state index contributed by atoms with van der Waals surface area (Å²) < 4.78 is 32.3. The van der Waals surface area contributed by atoms with Gasteiger partial charge in [-0.2, -0.15) is 0 Å². The Balaban J connectivity index is 2.41. The molecule has 0 aliphatic rings. The van der Waals surface area contributed by atoms with Gasteiger partial charge >= 0.3 is 5.97 Å². The van der Waals surface area contributed by atoms with E-state index < -0.39 is 16.0 Å². The Labute approximate surface area is 134 Å². The number of anilines is 1. The molecule has 0 heterocycles. The first-order chi connectivity index (χ1) is 10.9. The summed E-state index contributed by atoms with van der Waals surface area (Å²) in [6.07, 6.45) is 2.22. The first-order valence-electron chi connectivity index (χ1n) is 6.59. The summed E-state index contributed by atoms with van der Waals surface area (Å²) in [5.74, 6) is -0.651. The van der Waals surface area contributed by atoms with Crippen LogP contribution < -0.4 is 9.46 Å². The first-order valence-corrected chi connectivity index (χ1v) is 8.07. The smallest absolute Gasteiger partial charge is 0.328 e. The zero-order valence-electron chi connectivity index (χ0n) is 12.3. The van der Waals surface area contributed by atoms with Crippen LogP contribution in [0.4, 0.5) is 5.69 Å². The molecule has 7 heteroatoms. The Bertz CT molecular complexity index is 829. The van der Waals surface area contributed by atoms with Gasteiger partial charge in [0.15, 0.2) is 0 Å². The highest BCUT2D eigenvalue weighted by Gasteiger charge is 2.15. The number of benzene rings is 2. The Kier molecular flexibility index (Phi) is 5.02. The molecule has 0 aromatic heterocycles. The lowest BCUT2D eigenvalue weighted by Crippen LogP contribution is -2.13. The van der Waals surface area contributed by atoms with Gasteiger partial charge in [-0.3, -0.25) is 4.72 Å². The number of carbonyl (C=O) groups is 1. The van der Waals surface area contributed by atoms with Crippen LogP contribution >= 0.6 is 0 Å². The fourth-order valence-electron chi connectivity index (χ4n) is 1.86. The maximum atomic E-state index is 12.4. The number of sulfonamides is 1. The molecule has 0 radical (unpaired) electrons. The van der Waals surface area contributed by atoms with Gasteiger partial charge in [-0.05, 0) is 36.4 Å². The molecule has 0 atom stereocenters. The fourth-order valence-corrected chi connectivity index (χ4v) is 2.97. The van der Waals surface area contributed by atoms with E-state index in [-0.39, 0.29) is 10.6 Å². The highest BCUT2D eigenvalue weighted by atomic mass is 32.2. The number of methoxy groups -OCH3 is 1. The molecule has 2 rings (SSSR count). The second kappa shape index (κ2) is 6.97. The maximum Gasteiger partial charge on any atom is 0.328 e. The van der Waals surface area contributed by atoms with Crippen molar-refractivity contribution in [3.05, 3.63) is 60.2 Å². The molecule has 0 amide bonds. The monoisotopic (exact) mass is 333 g/mol. The molecule has 2 N–H and O–H groups in total. The molecule has 0 aliphatic heterocycles. The summed E-state index contributed by atoms with van der Waals surface area (Å²) in [6, 6.07) is 12.5. The number of rotatable bonds is 6. The molecule has 0 bridgehead atoms. The molecule has 0 fully saturated rings. The molecular formula is C16H15NO5S. The van der Waals surface area contributed by atoms with E-state index in [1.54, 1.807) is 30.3 Å². The van der Waals surface area contributed by atoms with Crippen molar-refractivity contribution in [3.8, 4) is 5.75 Å². The summed E-state index contributed by atoms with van der Waals surface area (Å²) in [6.45, 7) is 0. The normalized spacial score (nSPS) is 11.3. The minimum Gasteiger partial charge on any atom is -0.497 e. The third kappa shape index (κ3) is 4.33. The molecule has 0 saturated heterocycles. The van der Waals surface area contributed by atoms with Crippen molar-refractivity contribution in [2.45, 2.75) is 4.90 Å². The van der Waals surface area contributed by atoms with Gasteiger partial charge in [0.05, 0.1) is 17.7 Å². The molecule has 0 unspecified atom stereocenters. The fraction of sp³-hybridized carbons (Fsp3) is 0.0625. The Hall–Kier alpha value is -2.80. The predicted octanol–water partition coefficient (Wildman–Crippen LogP) is 2.59. The number of aliphatic carboxylic acids is 1. The van der Waals surface area contributed by atoms with Gasteiger partial charge in [0, 0.05) is 11.6 Å². The van der Waals surface area contributed by atoms with Crippen LogP contribution in [0.3, 0.4) is 0 Å². The Morgan fingerprint density at radius 1 is 1.17 bits per heavy atom.